The van der Waals surface area contributed by atoms with Gasteiger partial charge in [0.25, 0.3) is 0 Å². The van der Waals surface area contributed by atoms with Crippen LogP contribution in [0, 0.1) is 17.2 Å². The van der Waals surface area contributed by atoms with Crippen LogP contribution in [-0.2, 0) is 21.4 Å². The van der Waals surface area contributed by atoms with E-state index in [2.05, 4.69) is 15.3 Å². The molecular formula is C21H21N5O3S. The number of hydrogen-bond donors (Lipinski definition) is 2. The van der Waals surface area contributed by atoms with E-state index in [4.69, 9.17) is 5.26 Å². The summed E-state index contributed by atoms with van der Waals surface area (Å²) >= 11 is 0. The van der Waals surface area contributed by atoms with E-state index < -0.39 is 10.0 Å². The number of aromatic amines is 1. The van der Waals surface area contributed by atoms with Gasteiger partial charge in [-0.3, -0.25) is 4.79 Å². The first-order valence-corrected chi connectivity index (χ1v) is 11.1. The molecule has 9 heteroatoms. The maximum absolute atomic E-state index is 12.8. The monoisotopic (exact) mass is 423 g/mol. The van der Waals surface area contributed by atoms with E-state index in [1.54, 1.807) is 0 Å². The zero-order valence-corrected chi connectivity index (χ0v) is 17.0. The summed E-state index contributed by atoms with van der Waals surface area (Å²) < 4.78 is 27.0. The lowest BCUT2D eigenvalue weighted by atomic mass is 9.97. The second kappa shape index (κ2) is 8.26. The van der Waals surface area contributed by atoms with E-state index in [1.165, 1.54) is 28.6 Å². The average Bonchev–Trinajstić information content (AvgIpc) is 3.20. The van der Waals surface area contributed by atoms with Crippen molar-refractivity contribution in [3.63, 3.8) is 0 Å². The van der Waals surface area contributed by atoms with Crippen molar-refractivity contribution in [2.45, 2.75) is 24.3 Å². The number of benzene rings is 2. The molecule has 1 saturated heterocycles. The maximum Gasteiger partial charge on any atom is 0.243 e. The Hall–Kier alpha value is -3.22. The number of carbonyl (C=O) groups excluding carboxylic acids is 1. The first-order chi connectivity index (χ1) is 14.5. The third kappa shape index (κ3) is 4.06. The molecule has 0 unspecified atom stereocenters. The molecule has 0 spiro atoms. The number of nitrogens with zero attached hydrogens (tertiary/aromatic N) is 3. The average molecular weight is 423 g/mol. The summed E-state index contributed by atoms with van der Waals surface area (Å²) in [7, 11) is -3.63. The molecule has 0 radical (unpaired) electrons. The molecule has 0 bridgehead atoms. The van der Waals surface area contributed by atoms with Crippen molar-refractivity contribution in [3.05, 3.63) is 59.9 Å². The van der Waals surface area contributed by atoms with Crippen molar-refractivity contribution in [2.24, 2.45) is 5.92 Å². The number of H-pyrrole nitrogens is 1. The van der Waals surface area contributed by atoms with Gasteiger partial charge in [-0.05, 0) is 49.2 Å². The van der Waals surface area contributed by atoms with Crippen molar-refractivity contribution in [1.82, 2.24) is 19.6 Å². The molecule has 154 valence electrons. The molecule has 0 saturated carbocycles. The summed E-state index contributed by atoms with van der Waals surface area (Å²) in [6.45, 7) is 0.868. The van der Waals surface area contributed by atoms with E-state index in [-0.39, 0.29) is 29.8 Å². The Kier molecular flexibility index (Phi) is 5.53. The number of amides is 1. The first kappa shape index (κ1) is 20.1. The zero-order valence-electron chi connectivity index (χ0n) is 16.2. The third-order valence-corrected chi connectivity index (χ3v) is 7.23. The number of aromatic nitrogens is 2. The molecule has 2 heterocycles. The Morgan fingerprint density at radius 3 is 2.53 bits per heavy atom. The normalized spacial score (nSPS) is 15.7. The van der Waals surface area contributed by atoms with Gasteiger partial charge in [-0.1, -0.05) is 12.1 Å². The quantitative estimate of drug-likeness (QED) is 0.652. The second-order valence-electron chi connectivity index (χ2n) is 7.23. The summed E-state index contributed by atoms with van der Waals surface area (Å²) in [5, 5.41) is 11.8. The number of piperidine rings is 1. The number of para-hydroxylation sites is 2. The van der Waals surface area contributed by atoms with Gasteiger partial charge in [-0.15, -0.1) is 0 Å². The van der Waals surface area contributed by atoms with Gasteiger partial charge in [-0.25, -0.2) is 13.4 Å². The van der Waals surface area contributed by atoms with Gasteiger partial charge in [0.15, 0.2) is 0 Å². The third-order valence-electron chi connectivity index (χ3n) is 5.31. The van der Waals surface area contributed by atoms with E-state index in [0.29, 0.717) is 30.8 Å². The topological polar surface area (TPSA) is 119 Å². The molecule has 1 aliphatic rings. The molecule has 2 N–H and O–H groups in total. The van der Waals surface area contributed by atoms with Gasteiger partial charge in [0.2, 0.25) is 15.9 Å². The molecule has 0 aliphatic carbocycles. The highest BCUT2D eigenvalue weighted by molar-refractivity contribution is 7.89. The fourth-order valence-electron chi connectivity index (χ4n) is 3.61. The van der Waals surface area contributed by atoms with Gasteiger partial charge in [-0.2, -0.15) is 9.57 Å². The number of carbonyl (C=O) groups is 1. The van der Waals surface area contributed by atoms with Crippen LogP contribution >= 0.6 is 0 Å². The Labute approximate surface area is 174 Å². The minimum Gasteiger partial charge on any atom is -0.349 e. The summed E-state index contributed by atoms with van der Waals surface area (Å²) in [5.74, 6) is 0.359. The molecule has 2 aromatic carbocycles. The highest BCUT2D eigenvalue weighted by Gasteiger charge is 2.32. The van der Waals surface area contributed by atoms with Gasteiger partial charge in [0.05, 0.1) is 34.1 Å². The highest BCUT2D eigenvalue weighted by Crippen LogP contribution is 2.24. The molecular weight excluding hydrogens is 402 g/mol. The first-order valence-electron chi connectivity index (χ1n) is 9.69. The highest BCUT2D eigenvalue weighted by atomic mass is 32.2. The van der Waals surface area contributed by atoms with Crippen LogP contribution in [0.15, 0.2) is 53.4 Å². The summed E-state index contributed by atoms with van der Waals surface area (Å²) in [6.07, 6.45) is 0.920. The van der Waals surface area contributed by atoms with E-state index in [1.807, 2.05) is 30.3 Å². The van der Waals surface area contributed by atoms with Gasteiger partial charge < -0.3 is 10.3 Å². The fourth-order valence-corrected chi connectivity index (χ4v) is 5.08. The van der Waals surface area contributed by atoms with Crippen molar-refractivity contribution >= 4 is 27.0 Å². The summed E-state index contributed by atoms with van der Waals surface area (Å²) in [5.41, 5.74) is 2.18. The Morgan fingerprint density at radius 2 is 1.87 bits per heavy atom. The Morgan fingerprint density at radius 1 is 1.17 bits per heavy atom. The number of rotatable bonds is 5. The van der Waals surface area contributed by atoms with E-state index in [0.717, 1.165) is 11.0 Å². The second-order valence-corrected chi connectivity index (χ2v) is 9.17. The van der Waals surface area contributed by atoms with Gasteiger partial charge >= 0.3 is 0 Å². The zero-order chi connectivity index (χ0) is 21.1. The minimum atomic E-state index is -3.63. The smallest absolute Gasteiger partial charge is 0.243 e. The van der Waals surface area contributed by atoms with Crippen molar-refractivity contribution in [3.8, 4) is 6.07 Å². The molecule has 1 fully saturated rings. The molecule has 30 heavy (non-hydrogen) atoms. The minimum absolute atomic E-state index is 0.0918. The molecule has 3 aromatic rings. The van der Waals surface area contributed by atoms with Crippen LogP contribution < -0.4 is 5.32 Å². The van der Waals surface area contributed by atoms with Crippen molar-refractivity contribution < 1.29 is 13.2 Å². The number of sulfonamides is 1. The number of nitriles is 1. The lowest BCUT2D eigenvalue weighted by molar-refractivity contribution is -0.126. The van der Waals surface area contributed by atoms with Crippen LogP contribution in [0.25, 0.3) is 11.0 Å². The molecule has 1 aliphatic heterocycles. The Bertz CT molecular complexity index is 1170. The summed E-state index contributed by atoms with van der Waals surface area (Å²) in [4.78, 5) is 20.3. The van der Waals surface area contributed by atoms with Crippen LogP contribution in [0.3, 0.4) is 0 Å². The number of fused-ring (bicyclic) bond motifs is 1. The largest absolute Gasteiger partial charge is 0.349 e. The molecule has 4 rings (SSSR count). The molecule has 8 nitrogen and oxygen atoms in total. The van der Waals surface area contributed by atoms with Crippen LogP contribution in [0.5, 0.6) is 0 Å². The van der Waals surface area contributed by atoms with E-state index >= 15 is 0 Å². The lowest BCUT2D eigenvalue weighted by Gasteiger charge is -2.30. The van der Waals surface area contributed by atoms with Crippen molar-refractivity contribution in [2.75, 3.05) is 13.1 Å². The van der Waals surface area contributed by atoms with Gasteiger partial charge in [0, 0.05) is 19.0 Å². The number of nitrogens with one attached hydrogen (secondary N) is 2. The predicted octanol–water partition coefficient (Wildman–Crippen LogP) is 2.15. The van der Waals surface area contributed by atoms with Crippen LogP contribution in [0.1, 0.15) is 24.2 Å². The summed E-state index contributed by atoms with van der Waals surface area (Å²) in [6, 6.07) is 15.5. The lowest BCUT2D eigenvalue weighted by Crippen LogP contribution is -2.42. The SMILES string of the molecule is N#Cc1ccc(S(=O)(=O)N2CCC(C(=O)NCc3nc4ccccc4[nH]3)CC2)cc1. The van der Waals surface area contributed by atoms with Crippen molar-refractivity contribution in [1.29, 1.82) is 5.26 Å². The Balaban J connectivity index is 1.33. The molecule has 0 atom stereocenters. The van der Waals surface area contributed by atoms with Crippen LogP contribution in [0.2, 0.25) is 0 Å². The fraction of sp³-hybridized carbons (Fsp3) is 0.286. The van der Waals surface area contributed by atoms with Crippen LogP contribution in [-0.4, -0.2) is 41.7 Å². The van der Waals surface area contributed by atoms with E-state index in [9.17, 15) is 13.2 Å². The number of hydrogen-bond acceptors (Lipinski definition) is 5. The van der Waals surface area contributed by atoms with Gasteiger partial charge in [0.1, 0.15) is 5.82 Å². The molecule has 1 amide bonds. The maximum atomic E-state index is 12.8. The standard InChI is InChI=1S/C21H21N5O3S/c22-13-15-5-7-17(8-6-15)30(28,29)26-11-9-16(10-12-26)21(27)23-14-20-24-18-3-1-2-4-19(18)25-20/h1-8,16H,9-12,14H2,(H,23,27)(H,24,25). The predicted molar refractivity (Wildman–Crippen MR) is 111 cm³/mol. The molecule has 1 aromatic heterocycles. The number of imidazole rings is 1. The van der Waals surface area contributed by atoms with Crippen LogP contribution in [0.4, 0.5) is 0 Å².